The zero-order valence-electron chi connectivity index (χ0n) is 13.5. The van der Waals surface area contributed by atoms with E-state index in [0.717, 1.165) is 45.1 Å². The first kappa shape index (κ1) is 14.4. The topological polar surface area (TPSA) is 70.2 Å². The van der Waals surface area contributed by atoms with Crippen molar-refractivity contribution < 1.29 is 4.74 Å². The Labute approximate surface area is 135 Å². The maximum absolute atomic E-state index is 5.18. The fourth-order valence-electron chi connectivity index (χ4n) is 3.44. The number of anilines is 1. The molecule has 23 heavy (non-hydrogen) atoms. The summed E-state index contributed by atoms with van der Waals surface area (Å²) in [5, 5.41) is 7.71. The summed E-state index contributed by atoms with van der Waals surface area (Å²) >= 11 is 0. The van der Waals surface area contributed by atoms with Crippen LogP contribution in [0.3, 0.4) is 0 Å². The number of H-pyrrole nitrogens is 1. The molecule has 3 heterocycles. The van der Waals surface area contributed by atoms with Gasteiger partial charge in [0.15, 0.2) is 0 Å². The van der Waals surface area contributed by atoms with Crippen LogP contribution in [-0.4, -0.2) is 58.4 Å². The van der Waals surface area contributed by atoms with Gasteiger partial charge in [0.05, 0.1) is 12.8 Å². The Balaban J connectivity index is 1.37. The number of ether oxygens (including phenoxy) is 1. The van der Waals surface area contributed by atoms with Crippen LogP contribution < -0.4 is 9.64 Å². The average Bonchev–Trinajstić information content (AvgIpc) is 3.21. The van der Waals surface area contributed by atoms with Gasteiger partial charge < -0.3 is 9.64 Å². The molecule has 1 aliphatic carbocycles. The second kappa shape index (κ2) is 6.16. The van der Waals surface area contributed by atoms with Gasteiger partial charge in [-0.2, -0.15) is 10.1 Å². The first-order chi connectivity index (χ1) is 11.3. The number of methoxy groups -OCH3 is 1. The van der Waals surface area contributed by atoms with Gasteiger partial charge in [-0.3, -0.25) is 10.00 Å². The van der Waals surface area contributed by atoms with Crippen molar-refractivity contribution in [2.75, 3.05) is 38.2 Å². The molecule has 1 saturated heterocycles. The van der Waals surface area contributed by atoms with E-state index in [0.29, 0.717) is 5.88 Å². The maximum Gasteiger partial charge on any atom is 0.228 e. The van der Waals surface area contributed by atoms with E-state index in [4.69, 9.17) is 4.74 Å². The fraction of sp³-hybridized carbons (Fsp3) is 0.562. The molecule has 1 aliphatic heterocycles. The van der Waals surface area contributed by atoms with Crippen molar-refractivity contribution in [1.82, 2.24) is 25.1 Å². The summed E-state index contributed by atoms with van der Waals surface area (Å²) in [5.74, 6) is 1.37. The summed E-state index contributed by atoms with van der Waals surface area (Å²) in [7, 11) is 1.63. The number of hydrogen-bond acceptors (Lipinski definition) is 6. The van der Waals surface area contributed by atoms with Crippen LogP contribution >= 0.6 is 0 Å². The summed E-state index contributed by atoms with van der Waals surface area (Å²) < 4.78 is 5.18. The van der Waals surface area contributed by atoms with Gasteiger partial charge in [-0.1, -0.05) is 0 Å². The molecule has 0 atom stereocenters. The second-order valence-corrected chi connectivity index (χ2v) is 6.14. The Kier molecular flexibility index (Phi) is 3.87. The zero-order chi connectivity index (χ0) is 15.6. The van der Waals surface area contributed by atoms with Crippen LogP contribution in [0.25, 0.3) is 0 Å². The van der Waals surface area contributed by atoms with Crippen molar-refractivity contribution >= 4 is 5.95 Å². The first-order valence-corrected chi connectivity index (χ1v) is 8.23. The van der Waals surface area contributed by atoms with Crippen LogP contribution in [0.5, 0.6) is 5.88 Å². The minimum atomic E-state index is 0.615. The fourth-order valence-corrected chi connectivity index (χ4v) is 3.44. The number of piperazine rings is 1. The van der Waals surface area contributed by atoms with Gasteiger partial charge in [0.25, 0.3) is 0 Å². The summed E-state index contributed by atoms with van der Waals surface area (Å²) in [5.41, 5.74) is 4.05. The lowest BCUT2D eigenvalue weighted by Gasteiger charge is -2.34. The van der Waals surface area contributed by atoms with Crippen LogP contribution in [0.1, 0.15) is 23.4 Å². The molecule has 0 amide bonds. The highest BCUT2D eigenvalue weighted by atomic mass is 16.5. The molecule has 7 heteroatoms. The normalized spacial score (nSPS) is 18.2. The molecular weight excluding hydrogens is 292 g/mol. The molecule has 0 saturated carbocycles. The Morgan fingerprint density at radius 2 is 2.09 bits per heavy atom. The Morgan fingerprint density at radius 3 is 2.91 bits per heavy atom. The number of fused-ring (bicyclic) bond motifs is 1. The number of nitrogens with zero attached hydrogens (tertiary/aromatic N) is 5. The van der Waals surface area contributed by atoms with Gasteiger partial charge in [-0.15, -0.1) is 0 Å². The third kappa shape index (κ3) is 2.88. The van der Waals surface area contributed by atoms with Crippen molar-refractivity contribution in [3.8, 4) is 5.88 Å². The lowest BCUT2D eigenvalue weighted by molar-refractivity contribution is 0.245. The monoisotopic (exact) mass is 314 g/mol. The third-order valence-corrected chi connectivity index (χ3v) is 4.75. The number of aromatic nitrogens is 4. The largest absolute Gasteiger partial charge is 0.481 e. The molecule has 0 radical (unpaired) electrons. The molecule has 4 rings (SSSR count). The van der Waals surface area contributed by atoms with Gasteiger partial charge in [0, 0.05) is 50.7 Å². The molecule has 2 aromatic rings. The van der Waals surface area contributed by atoms with Crippen molar-refractivity contribution in [3.63, 3.8) is 0 Å². The van der Waals surface area contributed by atoms with Gasteiger partial charge in [0.2, 0.25) is 11.8 Å². The highest BCUT2D eigenvalue weighted by Crippen LogP contribution is 2.24. The van der Waals surface area contributed by atoms with Gasteiger partial charge in [-0.05, 0) is 24.8 Å². The summed E-state index contributed by atoms with van der Waals surface area (Å²) in [6.07, 6.45) is 5.35. The molecule has 0 bridgehead atoms. The smallest absolute Gasteiger partial charge is 0.228 e. The Morgan fingerprint density at radius 1 is 1.22 bits per heavy atom. The Bertz CT molecular complexity index is 677. The summed E-state index contributed by atoms with van der Waals surface area (Å²) in [6.45, 7) is 4.81. The lowest BCUT2D eigenvalue weighted by Crippen LogP contribution is -2.46. The van der Waals surface area contributed by atoms with Gasteiger partial charge in [-0.25, -0.2) is 4.98 Å². The molecular formula is C16H22N6O. The maximum atomic E-state index is 5.18. The molecule has 1 N–H and O–H groups in total. The lowest BCUT2D eigenvalue weighted by atomic mass is 10.2. The standard InChI is InChI=1S/C16H22N6O/c1-23-15-5-6-17-16(18-15)22-9-7-21(8-10-22)11-14-12-3-2-4-13(12)19-20-14/h5-6H,2-4,7-11H2,1H3,(H,19,20). The zero-order valence-corrected chi connectivity index (χ0v) is 13.5. The molecule has 0 aromatic carbocycles. The van der Waals surface area contributed by atoms with Crippen LogP contribution in [-0.2, 0) is 19.4 Å². The minimum absolute atomic E-state index is 0.615. The van der Waals surface area contributed by atoms with E-state index in [2.05, 4.69) is 30.0 Å². The summed E-state index contributed by atoms with van der Waals surface area (Å²) in [4.78, 5) is 13.5. The molecule has 1 fully saturated rings. The van der Waals surface area contributed by atoms with Gasteiger partial charge >= 0.3 is 0 Å². The number of hydrogen-bond donors (Lipinski definition) is 1. The first-order valence-electron chi connectivity index (χ1n) is 8.23. The quantitative estimate of drug-likeness (QED) is 0.908. The van der Waals surface area contributed by atoms with Crippen molar-refractivity contribution in [2.24, 2.45) is 0 Å². The van der Waals surface area contributed by atoms with E-state index < -0.39 is 0 Å². The predicted octanol–water partition coefficient (Wildman–Crippen LogP) is 1.02. The molecule has 7 nitrogen and oxygen atoms in total. The van der Waals surface area contributed by atoms with Crippen molar-refractivity contribution in [2.45, 2.75) is 25.8 Å². The van der Waals surface area contributed by atoms with Crippen LogP contribution in [0.2, 0.25) is 0 Å². The second-order valence-electron chi connectivity index (χ2n) is 6.14. The molecule has 2 aliphatic rings. The van der Waals surface area contributed by atoms with Crippen molar-refractivity contribution in [3.05, 3.63) is 29.2 Å². The molecule has 2 aromatic heterocycles. The number of aromatic amines is 1. The predicted molar refractivity (Wildman–Crippen MR) is 86.7 cm³/mol. The molecule has 0 spiro atoms. The Hall–Kier alpha value is -2.15. The van der Waals surface area contributed by atoms with Gasteiger partial charge in [0.1, 0.15) is 0 Å². The van der Waals surface area contributed by atoms with Crippen LogP contribution in [0.15, 0.2) is 12.3 Å². The van der Waals surface area contributed by atoms with E-state index in [1.807, 2.05) is 0 Å². The minimum Gasteiger partial charge on any atom is -0.481 e. The number of aryl methyl sites for hydroxylation is 1. The van der Waals surface area contributed by atoms with E-state index in [1.54, 1.807) is 19.4 Å². The van der Waals surface area contributed by atoms with E-state index >= 15 is 0 Å². The third-order valence-electron chi connectivity index (χ3n) is 4.75. The molecule has 122 valence electrons. The average molecular weight is 314 g/mol. The highest BCUT2D eigenvalue weighted by Gasteiger charge is 2.23. The SMILES string of the molecule is COc1ccnc(N2CCN(Cc3n[nH]c4c3CCC4)CC2)n1. The summed E-state index contributed by atoms with van der Waals surface area (Å²) in [6, 6.07) is 1.78. The molecule has 0 unspecified atom stereocenters. The van der Waals surface area contributed by atoms with Crippen molar-refractivity contribution in [1.29, 1.82) is 0 Å². The van der Waals surface area contributed by atoms with E-state index in [1.165, 1.54) is 29.8 Å². The van der Waals surface area contributed by atoms with E-state index in [-0.39, 0.29) is 0 Å². The number of rotatable bonds is 4. The van der Waals surface area contributed by atoms with Crippen LogP contribution in [0.4, 0.5) is 5.95 Å². The van der Waals surface area contributed by atoms with E-state index in [9.17, 15) is 0 Å². The highest BCUT2D eigenvalue weighted by molar-refractivity contribution is 5.33. The number of nitrogens with one attached hydrogen (secondary N) is 1. The van der Waals surface area contributed by atoms with Crippen LogP contribution in [0, 0.1) is 0 Å².